The fraction of sp³-hybridized carbons (Fsp3) is 0.423. The van der Waals surface area contributed by atoms with Gasteiger partial charge >= 0.3 is 5.97 Å². The van der Waals surface area contributed by atoms with Crippen LogP contribution in [0.25, 0.3) is 11.1 Å². The Kier molecular flexibility index (Phi) is 9.58. The van der Waals surface area contributed by atoms with Gasteiger partial charge in [-0.25, -0.2) is 0 Å². The van der Waals surface area contributed by atoms with Crippen LogP contribution >= 0.6 is 22.7 Å². The van der Waals surface area contributed by atoms with Gasteiger partial charge in [-0.3, -0.25) is 28.9 Å². The molecule has 0 saturated carbocycles. The number of nitrogens with two attached hydrogens (primary N) is 1. The van der Waals surface area contributed by atoms with Crippen molar-refractivity contribution in [3.05, 3.63) is 42.8 Å². The fourth-order valence-electron chi connectivity index (χ4n) is 4.41. The van der Waals surface area contributed by atoms with Crippen molar-refractivity contribution < 1.29 is 29.1 Å². The molecule has 0 saturated heterocycles. The molecule has 10 nitrogen and oxygen atoms in total. The van der Waals surface area contributed by atoms with E-state index >= 15 is 0 Å². The number of hydrogen-bond acceptors (Lipinski definition) is 8. The maximum atomic E-state index is 13.6. The fourth-order valence-corrected chi connectivity index (χ4v) is 6.27. The van der Waals surface area contributed by atoms with Gasteiger partial charge in [-0.15, -0.1) is 22.7 Å². The van der Waals surface area contributed by atoms with E-state index in [1.54, 1.807) is 0 Å². The number of nitrogens with one attached hydrogen (secondary N) is 2. The highest BCUT2D eigenvalue weighted by Crippen LogP contribution is 2.41. The molecule has 12 heteroatoms. The van der Waals surface area contributed by atoms with Crippen molar-refractivity contribution in [1.82, 2.24) is 15.5 Å². The number of imide groups is 1. The quantitative estimate of drug-likeness (QED) is 0.229. The molecule has 0 fully saturated rings. The Hall–Kier alpha value is -3.35. The highest BCUT2D eigenvalue weighted by atomic mass is 32.1. The molecule has 5 N–H and O–H groups in total. The lowest BCUT2D eigenvalue weighted by Crippen LogP contribution is -2.51. The molecule has 4 amide bonds. The van der Waals surface area contributed by atoms with Crippen molar-refractivity contribution >= 4 is 63.4 Å². The third-order valence-corrected chi connectivity index (χ3v) is 8.03. The molecule has 0 unspecified atom stereocenters. The van der Waals surface area contributed by atoms with Crippen LogP contribution in [0.4, 0.5) is 0 Å². The van der Waals surface area contributed by atoms with Crippen LogP contribution in [-0.2, 0) is 24.0 Å². The Balaban J connectivity index is 1.88. The summed E-state index contributed by atoms with van der Waals surface area (Å²) in [5.74, 6) is -3.72. The van der Waals surface area contributed by atoms with Crippen LogP contribution in [0.2, 0.25) is 0 Å². The van der Waals surface area contributed by atoms with Gasteiger partial charge in [0, 0.05) is 30.6 Å². The van der Waals surface area contributed by atoms with E-state index in [0.717, 1.165) is 24.4 Å². The van der Waals surface area contributed by atoms with Gasteiger partial charge in [0.05, 0.1) is 11.1 Å². The molecule has 3 rings (SSSR count). The Bertz CT molecular complexity index is 1240. The Morgan fingerprint density at radius 3 is 1.89 bits per heavy atom. The van der Waals surface area contributed by atoms with Crippen LogP contribution in [0.15, 0.2) is 12.1 Å². The van der Waals surface area contributed by atoms with E-state index in [9.17, 15) is 24.0 Å². The second kappa shape index (κ2) is 12.5. The van der Waals surface area contributed by atoms with E-state index in [4.69, 9.17) is 10.8 Å². The lowest BCUT2D eigenvalue weighted by molar-refractivity contribution is -0.141. The number of carboxylic acids is 1. The Morgan fingerprint density at radius 2 is 1.47 bits per heavy atom. The first kappa shape index (κ1) is 29.2. The average Bonchev–Trinajstić information content (AvgIpc) is 3.43. The van der Waals surface area contributed by atoms with Crippen LogP contribution in [0, 0.1) is 27.7 Å². The summed E-state index contributed by atoms with van der Waals surface area (Å²) >= 11 is 3.04. The highest BCUT2D eigenvalue weighted by molar-refractivity contribution is 7.12. The highest BCUT2D eigenvalue weighted by Gasteiger charge is 2.42. The molecule has 0 bridgehead atoms. The van der Waals surface area contributed by atoms with E-state index in [2.05, 4.69) is 10.6 Å². The predicted octanol–water partition coefficient (Wildman–Crippen LogP) is 2.14. The number of unbranched alkanes of at least 4 members (excludes halogenated alkanes) is 1. The standard InChI is InChI=1S/C26H32N4O6S2/c1-13-9-17(15(3)37-13)22-23(18-10-14(2)38-16(18)4)26(36)30(25(22)35)12-20(31)29-19(7-5-6-8-27)24(34)28-11-21(32)33/h9-10,19H,5-8,11-12,27H2,1-4H3,(H,28,34)(H,29,31)(H,32,33)/t19-/m0/s1. The van der Waals surface area contributed by atoms with Gasteiger partial charge in [0.1, 0.15) is 19.1 Å². The van der Waals surface area contributed by atoms with Gasteiger partial charge < -0.3 is 21.5 Å². The molecule has 3 heterocycles. The van der Waals surface area contributed by atoms with Gasteiger partial charge in [0.25, 0.3) is 11.8 Å². The minimum atomic E-state index is -1.22. The first-order valence-corrected chi connectivity index (χ1v) is 13.8. The normalized spacial score (nSPS) is 14.3. The first-order chi connectivity index (χ1) is 17.9. The number of carbonyl (C=O) groups excluding carboxylic acids is 4. The first-order valence-electron chi connectivity index (χ1n) is 12.2. The summed E-state index contributed by atoms with van der Waals surface area (Å²) in [6.07, 6.45) is 1.36. The molecule has 204 valence electrons. The largest absolute Gasteiger partial charge is 0.480 e. The topological polar surface area (TPSA) is 159 Å². The predicted molar refractivity (Wildman–Crippen MR) is 147 cm³/mol. The molecule has 1 atom stereocenters. The number of rotatable bonds is 12. The van der Waals surface area contributed by atoms with Gasteiger partial charge in [0.15, 0.2) is 0 Å². The number of carbonyl (C=O) groups is 5. The van der Waals surface area contributed by atoms with Gasteiger partial charge in [0.2, 0.25) is 11.8 Å². The van der Waals surface area contributed by atoms with E-state index in [1.807, 2.05) is 39.8 Å². The van der Waals surface area contributed by atoms with Crippen molar-refractivity contribution in [1.29, 1.82) is 0 Å². The van der Waals surface area contributed by atoms with Crippen molar-refractivity contribution in [2.75, 3.05) is 19.6 Å². The number of nitrogens with zero attached hydrogens (tertiary/aromatic N) is 1. The van der Waals surface area contributed by atoms with Crippen molar-refractivity contribution in [2.45, 2.75) is 53.0 Å². The Morgan fingerprint density at radius 1 is 0.947 bits per heavy atom. The zero-order chi connectivity index (χ0) is 28.1. The molecule has 1 aliphatic heterocycles. The summed E-state index contributed by atoms with van der Waals surface area (Å²) in [6, 6.07) is 2.72. The maximum Gasteiger partial charge on any atom is 0.322 e. The zero-order valence-electron chi connectivity index (χ0n) is 21.8. The summed E-state index contributed by atoms with van der Waals surface area (Å²) in [4.78, 5) is 68.3. The van der Waals surface area contributed by atoms with Crippen molar-refractivity contribution in [3.63, 3.8) is 0 Å². The zero-order valence-corrected chi connectivity index (χ0v) is 23.4. The summed E-state index contributed by atoms with van der Waals surface area (Å²) in [6.45, 7) is 6.85. The lowest BCUT2D eigenvalue weighted by Gasteiger charge is -2.20. The smallest absolute Gasteiger partial charge is 0.322 e. The van der Waals surface area contributed by atoms with Crippen LogP contribution in [0.3, 0.4) is 0 Å². The molecule has 0 aliphatic carbocycles. The van der Waals surface area contributed by atoms with Crippen LogP contribution in [-0.4, -0.2) is 65.3 Å². The van der Waals surface area contributed by atoms with Crippen LogP contribution < -0.4 is 16.4 Å². The number of aliphatic carboxylic acids is 1. The number of carboxylic acid groups (broad SMARTS) is 1. The molecule has 0 aromatic carbocycles. The third kappa shape index (κ3) is 6.55. The SMILES string of the molecule is Cc1cc(C2=C(c3cc(C)sc3C)C(=O)N(CC(=O)N[C@@H](CCCCN)C(=O)NCC(=O)O)C2=O)c(C)s1. The minimum absolute atomic E-state index is 0.228. The maximum absolute atomic E-state index is 13.6. The van der Waals surface area contributed by atoms with Crippen LogP contribution in [0.5, 0.6) is 0 Å². The molecule has 2 aromatic rings. The van der Waals surface area contributed by atoms with Gasteiger partial charge in [-0.2, -0.15) is 0 Å². The summed E-state index contributed by atoms with van der Waals surface area (Å²) in [7, 11) is 0. The molecule has 0 spiro atoms. The average molecular weight is 561 g/mol. The number of aryl methyl sites for hydroxylation is 4. The molecule has 0 radical (unpaired) electrons. The van der Waals surface area contributed by atoms with E-state index in [1.165, 1.54) is 22.7 Å². The second-order valence-corrected chi connectivity index (χ2v) is 12.0. The van der Waals surface area contributed by atoms with E-state index in [-0.39, 0.29) is 17.6 Å². The summed E-state index contributed by atoms with van der Waals surface area (Å²) in [5.41, 5.74) is 7.39. The molecular weight excluding hydrogens is 528 g/mol. The number of thiophene rings is 2. The monoisotopic (exact) mass is 560 g/mol. The number of amides is 4. The van der Waals surface area contributed by atoms with E-state index < -0.39 is 48.7 Å². The minimum Gasteiger partial charge on any atom is -0.480 e. The summed E-state index contributed by atoms with van der Waals surface area (Å²) in [5, 5.41) is 13.7. The molecule has 2 aromatic heterocycles. The van der Waals surface area contributed by atoms with Gasteiger partial charge in [-0.1, -0.05) is 0 Å². The van der Waals surface area contributed by atoms with Crippen molar-refractivity contribution in [3.8, 4) is 0 Å². The molecule has 38 heavy (non-hydrogen) atoms. The molecular formula is C26H32N4O6S2. The lowest BCUT2D eigenvalue weighted by atomic mass is 9.97. The van der Waals surface area contributed by atoms with Gasteiger partial charge in [-0.05, 0) is 65.6 Å². The van der Waals surface area contributed by atoms with Crippen molar-refractivity contribution in [2.24, 2.45) is 5.73 Å². The number of hydrogen-bond donors (Lipinski definition) is 4. The Labute approximate surface area is 228 Å². The molecule has 1 aliphatic rings. The summed E-state index contributed by atoms with van der Waals surface area (Å²) < 4.78 is 0. The van der Waals surface area contributed by atoms with Crippen LogP contribution in [0.1, 0.15) is 49.9 Å². The third-order valence-electron chi connectivity index (χ3n) is 6.10. The van der Waals surface area contributed by atoms with E-state index in [0.29, 0.717) is 30.5 Å². The second-order valence-electron chi connectivity index (χ2n) is 9.12.